The molecule has 0 amide bonds. The lowest BCUT2D eigenvalue weighted by molar-refractivity contribution is 0.234. The van der Waals surface area contributed by atoms with Crippen LogP contribution >= 0.6 is 0 Å². The van der Waals surface area contributed by atoms with Gasteiger partial charge in [0.2, 0.25) is 0 Å². The van der Waals surface area contributed by atoms with Crippen molar-refractivity contribution in [3.8, 4) is 0 Å². The molecule has 0 aromatic carbocycles. The molecule has 2 N–H and O–H groups in total. The van der Waals surface area contributed by atoms with Crippen LogP contribution < -0.4 is 0 Å². The van der Waals surface area contributed by atoms with Gasteiger partial charge in [-0.05, 0) is 6.42 Å². The fraction of sp³-hybridized carbons (Fsp3) is 1.00. The van der Waals surface area contributed by atoms with Gasteiger partial charge in [-0.3, -0.25) is 4.18 Å². The summed E-state index contributed by atoms with van der Waals surface area (Å²) in [5, 5.41) is 16.5. The van der Waals surface area contributed by atoms with E-state index in [-0.39, 0.29) is 19.6 Å². The minimum Gasteiger partial charge on any atom is -0.396 e. The number of hydrogen-bond acceptors (Lipinski definition) is 5. The van der Waals surface area contributed by atoms with Gasteiger partial charge in [-0.2, -0.15) is 8.42 Å². The number of aliphatic hydroxyl groups is 2. The second-order valence-corrected chi connectivity index (χ2v) is 3.64. The maximum Gasteiger partial charge on any atom is 0.269 e. The maximum absolute atomic E-state index is 10.6. The highest BCUT2D eigenvalue weighted by molar-refractivity contribution is 7.86. The first-order chi connectivity index (χ1) is 5.12. The topological polar surface area (TPSA) is 83.8 Å². The molecule has 5 nitrogen and oxygen atoms in total. The van der Waals surface area contributed by atoms with Crippen LogP contribution in [0.2, 0.25) is 0 Å². The van der Waals surface area contributed by atoms with Crippen LogP contribution in [-0.4, -0.2) is 44.2 Å². The summed E-state index contributed by atoms with van der Waals surface area (Å²) in [6.07, 6.45) is 0.282. The fourth-order valence-electron chi connectivity index (χ4n) is 0.421. The zero-order valence-corrected chi connectivity index (χ0v) is 6.88. The van der Waals surface area contributed by atoms with Gasteiger partial charge in [0.05, 0.1) is 19.0 Å². The van der Waals surface area contributed by atoms with Crippen molar-refractivity contribution in [2.75, 3.05) is 25.6 Å². The van der Waals surface area contributed by atoms with E-state index in [0.29, 0.717) is 0 Å². The third-order valence-electron chi connectivity index (χ3n) is 0.907. The van der Waals surface area contributed by atoms with Crippen LogP contribution in [-0.2, 0) is 14.3 Å². The highest BCUT2D eigenvalue weighted by Crippen LogP contribution is 1.93. The van der Waals surface area contributed by atoms with Crippen molar-refractivity contribution in [1.29, 1.82) is 0 Å². The van der Waals surface area contributed by atoms with Crippen LogP contribution in [0, 0.1) is 0 Å². The molecular formula is C5H12O5S. The van der Waals surface area contributed by atoms with Crippen LogP contribution in [0.15, 0.2) is 0 Å². The van der Waals surface area contributed by atoms with Crippen molar-refractivity contribution < 1.29 is 22.8 Å². The van der Waals surface area contributed by atoms with E-state index in [9.17, 15) is 8.42 Å². The average Bonchev–Trinajstić information content (AvgIpc) is 1.87. The molecule has 0 fully saturated rings. The molecule has 0 unspecified atom stereocenters. The minimum atomic E-state index is -3.56. The largest absolute Gasteiger partial charge is 0.396 e. The van der Waals surface area contributed by atoms with Gasteiger partial charge in [0, 0.05) is 6.61 Å². The molecule has 0 aromatic heterocycles. The zero-order valence-electron chi connectivity index (χ0n) is 6.06. The van der Waals surface area contributed by atoms with Gasteiger partial charge in [0.15, 0.2) is 0 Å². The van der Waals surface area contributed by atoms with Crippen LogP contribution in [0.3, 0.4) is 0 Å². The monoisotopic (exact) mass is 184 g/mol. The van der Waals surface area contributed by atoms with E-state index < -0.39 is 22.5 Å². The third-order valence-corrected chi connectivity index (χ3v) is 2.11. The Hall–Kier alpha value is -0.170. The standard InChI is InChI=1S/C5H12O5S/c6-2-1-4-10-11(8,9)5-3-7/h6-7H,1-5H2. The second-order valence-electron chi connectivity index (χ2n) is 1.88. The van der Waals surface area contributed by atoms with E-state index in [2.05, 4.69) is 4.18 Å². The Morgan fingerprint density at radius 3 is 2.27 bits per heavy atom. The molecule has 0 bridgehead atoms. The molecule has 0 aromatic rings. The predicted molar refractivity (Wildman–Crippen MR) is 38.5 cm³/mol. The van der Waals surface area contributed by atoms with E-state index in [1.165, 1.54) is 0 Å². The highest BCUT2D eigenvalue weighted by Gasteiger charge is 2.08. The van der Waals surface area contributed by atoms with Crippen molar-refractivity contribution >= 4 is 10.1 Å². The van der Waals surface area contributed by atoms with Gasteiger partial charge < -0.3 is 10.2 Å². The molecule has 0 saturated heterocycles. The second kappa shape index (κ2) is 5.48. The summed E-state index contributed by atoms with van der Waals surface area (Å²) >= 11 is 0. The lowest BCUT2D eigenvalue weighted by Gasteiger charge is -2.01. The molecule has 6 heteroatoms. The molecule has 0 saturated carbocycles. The normalized spacial score (nSPS) is 11.8. The Bertz CT molecular complexity index is 173. The molecule has 0 aliphatic carbocycles. The molecule has 0 aliphatic rings. The van der Waals surface area contributed by atoms with Crippen molar-refractivity contribution in [2.24, 2.45) is 0 Å². The molecule has 68 valence electrons. The van der Waals surface area contributed by atoms with Gasteiger partial charge in [-0.25, -0.2) is 0 Å². The number of rotatable bonds is 6. The van der Waals surface area contributed by atoms with Gasteiger partial charge in [-0.1, -0.05) is 0 Å². The van der Waals surface area contributed by atoms with Crippen LogP contribution in [0.25, 0.3) is 0 Å². The van der Waals surface area contributed by atoms with Crippen LogP contribution in [0.4, 0.5) is 0 Å². The third kappa shape index (κ3) is 6.24. The Balaban J connectivity index is 3.56. The first-order valence-electron chi connectivity index (χ1n) is 3.21. The summed E-state index contributed by atoms with van der Waals surface area (Å²) in [4.78, 5) is 0. The number of aliphatic hydroxyl groups excluding tert-OH is 2. The Morgan fingerprint density at radius 1 is 1.18 bits per heavy atom. The van der Waals surface area contributed by atoms with Crippen molar-refractivity contribution in [3.63, 3.8) is 0 Å². The maximum atomic E-state index is 10.6. The van der Waals surface area contributed by atoms with E-state index in [0.717, 1.165) is 0 Å². The molecule has 0 atom stereocenters. The van der Waals surface area contributed by atoms with Gasteiger partial charge in [-0.15, -0.1) is 0 Å². The molecule has 0 rings (SSSR count). The van der Waals surface area contributed by atoms with E-state index in [1.807, 2.05) is 0 Å². The molecule has 11 heavy (non-hydrogen) atoms. The lowest BCUT2D eigenvalue weighted by Crippen LogP contribution is -2.14. The van der Waals surface area contributed by atoms with Crippen LogP contribution in [0.5, 0.6) is 0 Å². The van der Waals surface area contributed by atoms with E-state index >= 15 is 0 Å². The summed E-state index contributed by atoms with van der Waals surface area (Å²) < 4.78 is 25.6. The Morgan fingerprint density at radius 2 is 1.82 bits per heavy atom. The highest BCUT2D eigenvalue weighted by atomic mass is 32.2. The Labute approximate surface area is 65.7 Å². The summed E-state index contributed by atoms with van der Waals surface area (Å²) in [5.41, 5.74) is 0. The molecule has 0 radical (unpaired) electrons. The van der Waals surface area contributed by atoms with Crippen molar-refractivity contribution in [2.45, 2.75) is 6.42 Å². The average molecular weight is 184 g/mol. The molecule has 0 spiro atoms. The van der Waals surface area contributed by atoms with E-state index in [4.69, 9.17) is 10.2 Å². The van der Waals surface area contributed by atoms with E-state index in [1.54, 1.807) is 0 Å². The number of hydrogen-bond donors (Lipinski definition) is 2. The van der Waals surface area contributed by atoms with Crippen molar-refractivity contribution in [3.05, 3.63) is 0 Å². The summed E-state index contributed by atoms with van der Waals surface area (Å²) in [6, 6.07) is 0. The quantitative estimate of drug-likeness (QED) is 0.396. The smallest absolute Gasteiger partial charge is 0.269 e. The molecule has 0 heterocycles. The minimum absolute atomic E-state index is 0.0289. The van der Waals surface area contributed by atoms with Crippen LogP contribution in [0.1, 0.15) is 6.42 Å². The summed E-state index contributed by atoms with van der Waals surface area (Å²) in [5.74, 6) is -0.390. The van der Waals surface area contributed by atoms with Gasteiger partial charge in [0.25, 0.3) is 10.1 Å². The molecule has 0 aliphatic heterocycles. The first-order valence-corrected chi connectivity index (χ1v) is 4.79. The predicted octanol–water partition coefficient (Wildman–Crippen LogP) is -1.29. The molecular weight excluding hydrogens is 172 g/mol. The van der Waals surface area contributed by atoms with Crippen molar-refractivity contribution in [1.82, 2.24) is 0 Å². The summed E-state index contributed by atoms with van der Waals surface area (Å²) in [6.45, 7) is -0.574. The van der Waals surface area contributed by atoms with Gasteiger partial charge in [0.1, 0.15) is 0 Å². The zero-order chi connectivity index (χ0) is 8.74. The first kappa shape index (κ1) is 10.8. The SMILES string of the molecule is O=S(=O)(CCO)OCCCO. The Kier molecular flexibility index (Phi) is 5.39. The lowest BCUT2D eigenvalue weighted by atomic mass is 10.5. The van der Waals surface area contributed by atoms with Gasteiger partial charge >= 0.3 is 0 Å². The fourth-order valence-corrected chi connectivity index (χ4v) is 1.13. The summed E-state index contributed by atoms with van der Waals surface area (Å²) in [7, 11) is -3.56.